The summed E-state index contributed by atoms with van der Waals surface area (Å²) in [6, 6.07) is 7.22. The number of aliphatic carboxylic acids is 1. The van der Waals surface area contributed by atoms with E-state index in [0.29, 0.717) is 24.5 Å². The van der Waals surface area contributed by atoms with Crippen molar-refractivity contribution in [2.75, 3.05) is 18.6 Å². The second-order valence-corrected chi connectivity index (χ2v) is 6.13. The van der Waals surface area contributed by atoms with Gasteiger partial charge < -0.3 is 15.7 Å². The third kappa shape index (κ3) is 6.64. The Kier molecular flexibility index (Phi) is 7.25. The standard InChI is InChI=1S/C15H22N2O3S/c1-11-3-5-12(6-4-11)9-17(2)14(18)10-21-8-7-13(16)15(19)20/h3-6,13H,7-10,16H2,1-2H3,(H,19,20). The molecule has 0 spiro atoms. The maximum atomic E-state index is 12.0. The van der Waals surface area contributed by atoms with E-state index in [1.54, 1.807) is 11.9 Å². The van der Waals surface area contributed by atoms with E-state index in [0.717, 1.165) is 5.56 Å². The molecule has 6 heteroatoms. The Balaban J connectivity index is 2.28. The van der Waals surface area contributed by atoms with Gasteiger partial charge in [0.2, 0.25) is 5.91 Å². The zero-order valence-electron chi connectivity index (χ0n) is 12.4. The fourth-order valence-electron chi connectivity index (χ4n) is 1.66. The van der Waals surface area contributed by atoms with Crippen molar-refractivity contribution >= 4 is 23.6 Å². The van der Waals surface area contributed by atoms with E-state index in [2.05, 4.69) is 0 Å². The Morgan fingerprint density at radius 2 is 1.95 bits per heavy atom. The number of rotatable bonds is 8. The van der Waals surface area contributed by atoms with Crippen molar-refractivity contribution in [1.82, 2.24) is 4.90 Å². The molecule has 21 heavy (non-hydrogen) atoms. The topological polar surface area (TPSA) is 83.6 Å². The Hall–Kier alpha value is -1.53. The number of aryl methyl sites for hydroxylation is 1. The molecule has 1 rings (SSSR count). The molecule has 0 heterocycles. The van der Waals surface area contributed by atoms with Gasteiger partial charge in [0.25, 0.3) is 0 Å². The van der Waals surface area contributed by atoms with Crippen molar-refractivity contribution in [2.45, 2.75) is 25.9 Å². The highest BCUT2D eigenvalue weighted by Crippen LogP contribution is 2.09. The molecule has 1 atom stereocenters. The molecule has 5 nitrogen and oxygen atoms in total. The number of hydrogen-bond acceptors (Lipinski definition) is 4. The van der Waals surface area contributed by atoms with E-state index >= 15 is 0 Å². The minimum absolute atomic E-state index is 0.0319. The lowest BCUT2D eigenvalue weighted by Crippen LogP contribution is -2.31. The summed E-state index contributed by atoms with van der Waals surface area (Å²) >= 11 is 1.41. The fourth-order valence-corrected chi connectivity index (χ4v) is 2.62. The van der Waals surface area contributed by atoms with Crippen molar-refractivity contribution < 1.29 is 14.7 Å². The highest BCUT2D eigenvalue weighted by molar-refractivity contribution is 7.99. The van der Waals surface area contributed by atoms with E-state index < -0.39 is 12.0 Å². The van der Waals surface area contributed by atoms with Gasteiger partial charge in [0.15, 0.2) is 0 Å². The molecule has 116 valence electrons. The third-order valence-corrected chi connectivity index (χ3v) is 4.06. The molecule has 0 fully saturated rings. The molecule has 0 aliphatic carbocycles. The molecule has 1 aromatic carbocycles. The maximum Gasteiger partial charge on any atom is 0.320 e. The summed E-state index contributed by atoms with van der Waals surface area (Å²) in [5.41, 5.74) is 7.68. The van der Waals surface area contributed by atoms with Crippen molar-refractivity contribution in [3.05, 3.63) is 35.4 Å². The van der Waals surface area contributed by atoms with Crippen LogP contribution in [-0.4, -0.2) is 46.5 Å². The Labute approximate surface area is 129 Å². The largest absolute Gasteiger partial charge is 0.480 e. The van der Waals surface area contributed by atoms with E-state index in [1.165, 1.54) is 17.3 Å². The van der Waals surface area contributed by atoms with Gasteiger partial charge in [-0.15, -0.1) is 0 Å². The van der Waals surface area contributed by atoms with Crippen LogP contribution in [0.15, 0.2) is 24.3 Å². The minimum atomic E-state index is -1.00. The number of carboxylic acid groups (broad SMARTS) is 1. The van der Waals surface area contributed by atoms with Gasteiger partial charge in [-0.05, 0) is 24.7 Å². The van der Waals surface area contributed by atoms with Crippen LogP contribution in [0.4, 0.5) is 0 Å². The van der Waals surface area contributed by atoms with E-state index in [1.807, 2.05) is 31.2 Å². The number of hydrogen-bond donors (Lipinski definition) is 2. The van der Waals surface area contributed by atoms with Crippen LogP contribution in [0.5, 0.6) is 0 Å². The summed E-state index contributed by atoms with van der Waals surface area (Å²) in [6.45, 7) is 2.60. The molecule has 1 unspecified atom stereocenters. The fraction of sp³-hybridized carbons (Fsp3) is 0.467. The summed E-state index contributed by atoms with van der Waals surface area (Å²) in [5.74, 6) is -0.0605. The van der Waals surface area contributed by atoms with Gasteiger partial charge in [0.05, 0.1) is 5.75 Å². The van der Waals surface area contributed by atoms with Crippen LogP contribution >= 0.6 is 11.8 Å². The number of amides is 1. The van der Waals surface area contributed by atoms with Gasteiger partial charge >= 0.3 is 5.97 Å². The molecule has 0 aliphatic heterocycles. The van der Waals surface area contributed by atoms with Crippen LogP contribution in [0.1, 0.15) is 17.5 Å². The quantitative estimate of drug-likeness (QED) is 0.711. The van der Waals surface area contributed by atoms with Crippen molar-refractivity contribution in [2.24, 2.45) is 5.73 Å². The zero-order valence-corrected chi connectivity index (χ0v) is 13.2. The third-order valence-electron chi connectivity index (χ3n) is 3.08. The van der Waals surface area contributed by atoms with Gasteiger partial charge in [-0.1, -0.05) is 29.8 Å². The van der Waals surface area contributed by atoms with Gasteiger partial charge in [0, 0.05) is 13.6 Å². The lowest BCUT2D eigenvalue weighted by molar-refractivity contribution is -0.138. The smallest absolute Gasteiger partial charge is 0.320 e. The zero-order chi connectivity index (χ0) is 15.8. The van der Waals surface area contributed by atoms with Crippen LogP contribution in [0.3, 0.4) is 0 Å². The lowest BCUT2D eigenvalue weighted by Gasteiger charge is -2.17. The Morgan fingerprint density at radius 1 is 1.33 bits per heavy atom. The number of thioether (sulfide) groups is 1. The van der Waals surface area contributed by atoms with Gasteiger partial charge in [-0.25, -0.2) is 0 Å². The molecule has 0 saturated heterocycles. The van der Waals surface area contributed by atoms with E-state index in [9.17, 15) is 9.59 Å². The highest BCUT2D eigenvalue weighted by Gasteiger charge is 2.12. The Bertz CT molecular complexity index is 476. The molecule has 0 aliphatic rings. The summed E-state index contributed by atoms with van der Waals surface area (Å²) in [5, 5.41) is 8.65. The summed E-state index contributed by atoms with van der Waals surface area (Å²) in [6.07, 6.45) is 0.370. The number of benzene rings is 1. The maximum absolute atomic E-state index is 12.0. The SMILES string of the molecule is Cc1ccc(CN(C)C(=O)CSCCC(N)C(=O)O)cc1. The van der Waals surface area contributed by atoms with E-state index in [4.69, 9.17) is 10.8 Å². The first-order valence-electron chi connectivity index (χ1n) is 6.75. The minimum Gasteiger partial charge on any atom is -0.480 e. The lowest BCUT2D eigenvalue weighted by atomic mass is 10.1. The van der Waals surface area contributed by atoms with Crippen LogP contribution in [0.2, 0.25) is 0 Å². The number of carbonyl (C=O) groups is 2. The first-order valence-corrected chi connectivity index (χ1v) is 7.91. The number of carbonyl (C=O) groups excluding carboxylic acids is 1. The van der Waals surface area contributed by atoms with Gasteiger partial charge in [0.1, 0.15) is 6.04 Å². The van der Waals surface area contributed by atoms with Crippen molar-refractivity contribution in [3.63, 3.8) is 0 Å². The summed E-state index contributed by atoms with van der Waals surface area (Å²) in [7, 11) is 1.77. The van der Waals surface area contributed by atoms with Crippen molar-refractivity contribution in [1.29, 1.82) is 0 Å². The summed E-state index contributed by atoms with van der Waals surface area (Å²) in [4.78, 5) is 24.2. The number of carboxylic acids is 1. The Morgan fingerprint density at radius 3 is 2.52 bits per heavy atom. The first kappa shape index (κ1) is 17.5. The van der Waals surface area contributed by atoms with Gasteiger partial charge in [-0.2, -0.15) is 11.8 Å². The molecule has 1 amide bonds. The van der Waals surface area contributed by atoms with Crippen LogP contribution in [-0.2, 0) is 16.1 Å². The average molecular weight is 310 g/mol. The molecule has 3 N–H and O–H groups in total. The van der Waals surface area contributed by atoms with Crippen LogP contribution < -0.4 is 5.73 Å². The molecular weight excluding hydrogens is 288 g/mol. The monoisotopic (exact) mass is 310 g/mol. The second-order valence-electron chi connectivity index (χ2n) is 5.02. The van der Waals surface area contributed by atoms with E-state index in [-0.39, 0.29) is 5.91 Å². The predicted octanol–water partition coefficient (Wildman–Crippen LogP) is 1.49. The molecule has 0 saturated carbocycles. The molecular formula is C15H22N2O3S. The number of nitrogens with zero attached hydrogens (tertiary/aromatic N) is 1. The molecule has 0 bridgehead atoms. The summed E-state index contributed by atoms with van der Waals surface area (Å²) < 4.78 is 0. The van der Waals surface area contributed by atoms with Crippen molar-refractivity contribution in [3.8, 4) is 0 Å². The average Bonchev–Trinajstić information content (AvgIpc) is 2.45. The first-order chi connectivity index (χ1) is 9.90. The number of nitrogens with two attached hydrogens (primary N) is 1. The highest BCUT2D eigenvalue weighted by atomic mass is 32.2. The predicted molar refractivity (Wildman–Crippen MR) is 85.2 cm³/mol. The normalized spacial score (nSPS) is 12.0. The molecule has 0 radical (unpaired) electrons. The molecule has 0 aromatic heterocycles. The van der Waals surface area contributed by atoms with Gasteiger partial charge in [-0.3, -0.25) is 9.59 Å². The second kappa shape index (κ2) is 8.69. The molecule has 1 aromatic rings. The van der Waals surface area contributed by atoms with Crippen LogP contribution in [0, 0.1) is 6.92 Å². The van der Waals surface area contributed by atoms with Crippen LogP contribution in [0.25, 0.3) is 0 Å².